The first-order chi connectivity index (χ1) is 6.09. The third-order valence-electron chi connectivity index (χ3n) is 1.85. The Labute approximate surface area is 84.8 Å². The molecule has 5 heteroatoms. The van der Waals surface area contributed by atoms with Crippen LogP contribution in [0.3, 0.4) is 0 Å². The Morgan fingerprint density at radius 1 is 1.38 bits per heavy atom. The molecule has 0 aromatic heterocycles. The number of fused-ring (bicyclic) bond motifs is 1. The highest BCUT2D eigenvalue weighted by molar-refractivity contribution is 9.10. The van der Waals surface area contributed by atoms with Gasteiger partial charge < -0.3 is 4.74 Å². The summed E-state index contributed by atoms with van der Waals surface area (Å²) in [5.74, 6) is 0.519. The van der Waals surface area contributed by atoms with Crippen LogP contribution in [0.5, 0.6) is 5.75 Å². The van der Waals surface area contributed by atoms with Gasteiger partial charge in [-0.3, -0.25) is 0 Å². The number of sulfone groups is 1. The van der Waals surface area contributed by atoms with Gasteiger partial charge in [-0.05, 0) is 18.2 Å². The molecule has 0 fully saturated rings. The summed E-state index contributed by atoms with van der Waals surface area (Å²) in [6.45, 7) is 0.247. The number of hydrogen-bond donors (Lipinski definition) is 0. The molecule has 1 aliphatic rings. The second-order valence-corrected chi connectivity index (χ2v) is 5.75. The largest absolute Gasteiger partial charge is 0.491 e. The van der Waals surface area contributed by atoms with Crippen LogP contribution >= 0.6 is 15.9 Å². The Balaban J connectivity index is 2.68. The smallest absolute Gasteiger partial charge is 0.185 e. The van der Waals surface area contributed by atoms with Gasteiger partial charge in [0.25, 0.3) is 0 Å². The van der Waals surface area contributed by atoms with E-state index in [1.54, 1.807) is 18.2 Å². The Kier molecular flexibility index (Phi) is 2.08. The highest BCUT2D eigenvalue weighted by Gasteiger charge is 2.24. The van der Waals surface area contributed by atoms with Gasteiger partial charge in [0.05, 0.1) is 5.75 Å². The highest BCUT2D eigenvalue weighted by Crippen LogP contribution is 2.30. The van der Waals surface area contributed by atoms with E-state index in [1.807, 2.05) is 0 Å². The average Bonchev–Trinajstić information content (AvgIpc) is 2.06. The SMILES string of the molecule is O=S1(=O)CCOc2ccc(Br)cc21. The summed E-state index contributed by atoms with van der Waals surface area (Å²) < 4.78 is 29.0. The summed E-state index contributed by atoms with van der Waals surface area (Å²) in [5, 5.41) is 0. The fourth-order valence-corrected chi connectivity index (χ4v) is 2.99. The lowest BCUT2D eigenvalue weighted by Gasteiger charge is -2.17. The molecular formula is C8H7BrO3S. The maximum atomic E-state index is 11.5. The van der Waals surface area contributed by atoms with Crippen molar-refractivity contribution in [1.82, 2.24) is 0 Å². The lowest BCUT2D eigenvalue weighted by molar-refractivity contribution is 0.322. The fraction of sp³-hybridized carbons (Fsp3) is 0.250. The molecule has 0 saturated heterocycles. The lowest BCUT2D eigenvalue weighted by atomic mass is 10.3. The zero-order valence-electron chi connectivity index (χ0n) is 6.66. The van der Waals surface area contributed by atoms with E-state index in [1.165, 1.54) is 0 Å². The third-order valence-corrected chi connectivity index (χ3v) is 4.04. The number of rotatable bonds is 0. The van der Waals surface area contributed by atoms with E-state index in [9.17, 15) is 8.42 Å². The van der Waals surface area contributed by atoms with Gasteiger partial charge >= 0.3 is 0 Å². The third kappa shape index (κ3) is 1.58. The summed E-state index contributed by atoms with van der Waals surface area (Å²) in [6.07, 6.45) is 0. The normalized spacial score (nSPS) is 18.8. The van der Waals surface area contributed by atoms with Gasteiger partial charge in [-0.25, -0.2) is 8.42 Å². The van der Waals surface area contributed by atoms with Crippen LogP contribution in [0.15, 0.2) is 27.6 Å². The minimum Gasteiger partial charge on any atom is -0.491 e. The predicted octanol–water partition coefficient (Wildman–Crippen LogP) is 1.62. The van der Waals surface area contributed by atoms with Crippen molar-refractivity contribution in [2.24, 2.45) is 0 Å². The van der Waals surface area contributed by atoms with E-state index in [-0.39, 0.29) is 17.3 Å². The van der Waals surface area contributed by atoms with E-state index in [0.717, 1.165) is 4.47 Å². The van der Waals surface area contributed by atoms with Gasteiger partial charge in [0.2, 0.25) is 0 Å². The van der Waals surface area contributed by atoms with Gasteiger partial charge in [0.15, 0.2) is 9.84 Å². The molecule has 1 aromatic carbocycles. The standard InChI is InChI=1S/C8H7BrO3S/c9-6-1-2-7-8(5-6)13(10,11)4-3-12-7/h1-2,5H,3-4H2. The fourth-order valence-electron chi connectivity index (χ4n) is 1.22. The number of benzene rings is 1. The first kappa shape index (κ1) is 9.02. The van der Waals surface area contributed by atoms with Crippen LogP contribution in [-0.2, 0) is 9.84 Å². The lowest BCUT2D eigenvalue weighted by Crippen LogP contribution is -2.20. The van der Waals surface area contributed by atoms with Gasteiger partial charge in [-0.2, -0.15) is 0 Å². The van der Waals surface area contributed by atoms with Crippen LogP contribution in [0.4, 0.5) is 0 Å². The Hall–Kier alpha value is -0.550. The second kappa shape index (κ2) is 2.99. The monoisotopic (exact) mass is 262 g/mol. The van der Waals surface area contributed by atoms with Crippen LogP contribution in [0.2, 0.25) is 0 Å². The van der Waals surface area contributed by atoms with Crippen molar-refractivity contribution in [3.8, 4) is 5.75 Å². The van der Waals surface area contributed by atoms with Crippen molar-refractivity contribution in [2.45, 2.75) is 4.90 Å². The van der Waals surface area contributed by atoms with Crippen LogP contribution in [0, 0.1) is 0 Å². The van der Waals surface area contributed by atoms with E-state index < -0.39 is 9.84 Å². The van der Waals surface area contributed by atoms with E-state index in [4.69, 9.17) is 4.74 Å². The average molecular weight is 263 g/mol. The van der Waals surface area contributed by atoms with E-state index in [2.05, 4.69) is 15.9 Å². The van der Waals surface area contributed by atoms with E-state index in [0.29, 0.717) is 5.75 Å². The summed E-state index contributed by atoms with van der Waals surface area (Å²) in [4.78, 5) is 0.285. The Morgan fingerprint density at radius 3 is 2.92 bits per heavy atom. The molecule has 3 nitrogen and oxygen atoms in total. The molecule has 2 rings (SSSR count). The quantitative estimate of drug-likeness (QED) is 0.714. The predicted molar refractivity (Wildman–Crippen MR) is 51.7 cm³/mol. The second-order valence-electron chi connectivity index (χ2n) is 2.76. The zero-order valence-corrected chi connectivity index (χ0v) is 9.06. The molecule has 0 aliphatic carbocycles. The van der Waals surface area contributed by atoms with Crippen molar-refractivity contribution in [2.75, 3.05) is 12.4 Å². The molecule has 0 radical (unpaired) electrons. The molecule has 70 valence electrons. The molecule has 0 atom stereocenters. The molecule has 0 unspecified atom stereocenters. The minimum atomic E-state index is -3.12. The Bertz CT molecular complexity index is 439. The van der Waals surface area contributed by atoms with Crippen LogP contribution in [-0.4, -0.2) is 20.8 Å². The van der Waals surface area contributed by atoms with Crippen molar-refractivity contribution in [3.63, 3.8) is 0 Å². The number of halogens is 1. The molecule has 0 amide bonds. The maximum absolute atomic E-state index is 11.5. The van der Waals surface area contributed by atoms with Crippen LogP contribution in [0.1, 0.15) is 0 Å². The van der Waals surface area contributed by atoms with Crippen LogP contribution in [0.25, 0.3) is 0 Å². The highest BCUT2D eigenvalue weighted by atomic mass is 79.9. The summed E-state index contributed by atoms with van der Waals surface area (Å²) >= 11 is 3.22. The molecule has 1 heterocycles. The summed E-state index contributed by atoms with van der Waals surface area (Å²) in [5.41, 5.74) is 0. The number of ether oxygens (including phenoxy) is 1. The summed E-state index contributed by atoms with van der Waals surface area (Å²) in [6, 6.07) is 5.00. The molecule has 0 N–H and O–H groups in total. The minimum absolute atomic E-state index is 0.0659. The Morgan fingerprint density at radius 2 is 2.15 bits per heavy atom. The van der Waals surface area contributed by atoms with Crippen molar-refractivity contribution < 1.29 is 13.2 Å². The van der Waals surface area contributed by atoms with Gasteiger partial charge in [0, 0.05) is 4.47 Å². The van der Waals surface area contributed by atoms with Gasteiger partial charge in [0.1, 0.15) is 17.3 Å². The van der Waals surface area contributed by atoms with Crippen LogP contribution < -0.4 is 4.74 Å². The molecule has 0 spiro atoms. The topological polar surface area (TPSA) is 43.4 Å². The van der Waals surface area contributed by atoms with Crippen molar-refractivity contribution in [1.29, 1.82) is 0 Å². The molecule has 0 saturated carbocycles. The van der Waals surface area contributed by atoms with Crippen molar-refractivity contribution >= 4 is 25.8 Å². The van der Waals surface area contributed by atoms with E-state index >= 15 is 0 Å². The molecule has 0 bridgehead atoms. The van der Waals surface area contributed by atoms with Gasteiger partial charge in [-0.15, -0.1) is 0 Å². The van der Waals surface area contributed by atoms with Crippen molar-refractivity contribution in [3.05, 3.63) is 22.7 Å². The summed E-state index contributed by atoms with van der Waals surface area (Å²) in [7, 11) is -3.12. The molecular weight excluding hydrogens is 256 g/mol. The molecule has 1 aromatic rings. The maximum Gasteiger partial charge on any atom is 0.185 e. The first-order valence-corrected chi connectivity index (χ1v) is 6.19. The van der Waals surface area contributed by atoms with Gasteiger partial charge in [-0.1, -0.05) is 15.9 Å². The molecule has 13 heavy (non-hydrogen) atoms. The zero-order chi connectivity index (χ0) is 9.47. The first-order valence-electron chi connectivity index (χ1n) is 3.75. The number of hydrogen-bond acceptors (Lipinski definition) is 3. The molecule has 1 aliphatic heterocycles.